The van der Waals surface area contributed by atoms with Crippen LogP contribution in [0.3, 0.4) is 0 Å². The predicted octanol–water partition coefficient (Wildman–Crippen LogP) is 3.67. The van der Waals surface area contributed by atoms with Gasteiger partial charge in [-0.2, -0.15) is 0 Å². The molecule has 1 fully saturated rings. The number of fused-ring (bicyclic) bond motifs is 1. The highest BCUT2D eigenvalue weighted by atomic mass is 15.1. The van der Waals surface area contributed by atoms with Crippen LogP contribution in [0.1, 0.15) is 69.4 Å². The maximum Gasteiger partial charge on any atom is 0.0417 e. The van der Waals surface area contributed by atoms with Crippen LogP contribution in [0.15, 0.2) is 6.07 Å². The molecule has 1 unspecified atom stereocenters. The summed E-state index contributed by atoms with van der Waals surface area (Å²) in [4.78, 5) is 0. The molecule has 1 heterocycles. The van der Waals surface area contributed by atoms with Gasteiger partial charge >= 0.3 is 0 Å². The van der Waals surface area contributed by atoms with E-state index in [0.717, 1.165) is 6.42 Å². The lowest BCUT2D eigenvalue weighted by molar-refractivity contribution is 0.153. The van der Waals surface area contributed by atoms with Crippen LogP contribution < -0.4 is 5.73 Å². The molecule has 2 heteroatoms. The monoisotopic (exact) mass is 246 g/mol. The van der Waals surface area contributed by atoms with Crippen LogP contribution >= 0.6 is 0 Å². The lowest BCUT2D eigenvalue weighted by atomic mass is 9.73. The molecular weight excluding hydrogens is 220 g/mol. The topological polar surface area (TPSA) is 30.9 Å². The maximum atomic E-state index is 6.39. The van der Waals surface area contributed by atoms with Crippen LogP contribution in [0.2, 0.25) is 0 Å². The molecule has 0 bridgehead atoms. The zero-order valence-electron chi connectivity index (χ0n) is 12.2. The molecule has 0 saturated heterocycles. The van der Waals surface area contributed by atoms with Crippen molar-refractivity contribution in [3.05, 3.63) is 23.0 Å². The summed E-state index contributed by atoms with van der Waals surface area (Å²) in [5.74, 6) is 0. The van der Waals surface area contributed by atoms with E-state index in [2.05, 4.69) is 38.3 Å². The largest absolute Gasteiger partial charge is 0.343 e. The first-order valence-electron chi connectivity index (χ1n) is 7.30. The molecule has 0 aromatic carbocycles. The fraction of sp³-hybridized carbons (Fsp3) is 0.750. The highest BCUT2D eigenvalue weighted by molar-refractivity contribution is 5.35. The van der Waals surface area contributed by atoms with Crippen molar-refractivity contribution in [3.63, 3.8) is 0 Å². The van der Waals surface area contributed by atoms with Gasteiger partial charge in [0.15, 0.2) is 0 Å². The zero-order chi connectivity index (χ0) is 13.1. The number of nitrogens with two attached hydrogens (primary N) is 1. The predicted molar refractivity (Wildman–Crippen MR) is 75.7 cm³/mol. The summed E-state index contributed by atoms with van der Waals surface area (Å²) in [7, 11) is 0. The van der Waals surface area contributed by atoms with Crippen LogP contribution in [-0.2, 0) is 12.0 Å². The molecule has 0 aliphatic heterocycles. The van der Waals surface area contributed by atoms with Crippen molar-refractivity contribution in [2.24, 2.45) is 11.1 Å². The Kier molecular flexibility index (Phi) is 2.48. The van der Waals surface area contributed by atoms with Crippen molar-refractivity contribution < 1.29 is 0 Å². The Morgan fingerprint density at radius 2 is 1.94 bits per heavy atom. The summed E-state index contributed by atoms with van der Waals surface area (Å²) < 4.78 is 2.62. The normalized spacial score (nSPS) is 28.6. The van der Waals surface area contributed by atoms with E-state index < -0.39 is 0 Å². The zero-order valence-corrected chi connectivity index (χ0v) is 12.2. The van der Waals surface area contributed by atoms with Gasteiger partial charge in [0, 0.05) is 23.0 Å². The number of hydrogen-bond donors (Lipinski definition) is 1. The lowest BCUT2D eigenvalue weighted by Crippen LogP contribution is -2.41. The van der Waals surface area contributed by atoms with E-state index in [1.165, 1.54) is 42.6 Å². The van der Waals surface area contributed by atoms with Crippen molar-refractivity contribution >= 4 is 0 Å². The Labute approximate surface area is 111 Å². The van der Waals surface area contributed by atoms with Gasteiger partial charge in [0.05, 0.1) is 0 Å². The smallest absolute Gasteiger partial charge is 0.0417 e. The van der Waals surface area contributed by atoms with Gasteiger partial charge in [-0.1, -0.05) is 13.8 Å². The van der Waals surface area contributed by atoms with Gasteiger partial charge < -0.3 is 10.3 Å². The minimum Gasteiger partial charge on any atom is -0.343 e. The Morgan fingerprint density at radius 1 is 1.28 bits per heavy atom. The molecule has 1 atom stereocenters. The molecule has 0 radical (unpaired) electrons. The van der Waals surface area contributed by atoms with Gasteiger partial charge in [0.2, 0.25) is 0 Å². The second kappa shape index (κ2) is 3.63. The molecule has 1 aromatic rings. The minimum atomic E-state index is 0.229. The van der Waals surface area contributed by atoms with Crippen LogP contribution in [0.4, 0.5) is 0 Å². The first-order chi connectivity index (χ1) is 8.32. The van der Waals surface area contributed by atoms with E-state index >= 15 is 0 Å². The highest BCUT2D eigenvalue weighted by Gasteiger charge is 2.40. The molecule has 3 rings (SSSR count). The van der Waals surface area contributed by atoms with Gasteiger partial charge in [-0.3, -0.25) is 0 Å². The van der Waals surface area contributed by atoms with Crippen LogP contribution in [0.25, 0.3) is 0 Å². The van der Waals surface area contributed by atoms with Crippen molar-refractivity contribution in [2.75, 3.05) is 0 Å². The maximum absolute atomic E-state index is 6.39. The third-order valence-electron chi connectivity index (χ3n) is 5.11. The van der Waals surface area contributed by atoms with Crippen molar-refractivity contribution in [1.82, 2.24) is 4.57 Å². The van der Waals surface area contributed by atoms with Gasteiger partial charge in [-0.25, -0.2) is 0 Å². The fourth-order valence-corrected chi connectivity index (χ4v) is 4.11. The highest BCUT2D eigenvalue weighted by Crippen LogP contribution is 2.47. The Morgan fingerprint density at radius 3 is 2.50 bits per heavy atom. The summed E-state index contributed by atoms with van der Waals surface area (Å²) in [5, 5.41) is 0. The molecule has 2 aliphatic rings. The average molecular weight is 246 g/mol. The molecule has 1 aromatic heterocycles. The van der Waals surface area contributed by atoms with Crippen LogP contribution in [0, 0.1) is 12.3 Å². The first kappa shape index (κ1) is 12.3. The third-order valence-corrected chi connectivity index (χ3v) is 5.11. The van der Waals surface area contributed by atoms with E-state index in [1.807, 2.05) is 0 Å². The van der Waals surface area contributed by atoms with Crippen molar-refractivity contribution in [1.29, 1.82) is 0 Å². The minimum absolute atomic E-state index is 0.229. The third kappa shape index (κ3) is 1.65. The molecule has 2 nitrogen and oxygen atoms in total. The summed E-state index contributed by atoms with van der Waals surface area (Å²) in [6.07, 6.45) is 6.31. The number of rotatable bonds is 1. The van der Waals surface area contributed by atoms with E-state index in [1.54, 1.807) is 0 Å². The summed E-state index contributed by atoms with van der Waals surface area (Å²) in [6, 6.07) is 2.58. The second-order valence-electron chi connectivity index (χ2n) is 7.53. The molecular formula is C16H26N2. The van der Waals surface area contributed by atoms with E-state index in [0.29, 0.717) is 11.0 Å². The Bertz CT molecular complexity index is 478. The molecule has 1 saturated carbocycles. The van der Waals surface area contributed by atoms with Gasteiger partial charge in [0.25, 0.3) is 0 Å². The van der Waals surface area contributed by atoms with E-state index in [4.69, 9.17) is 5.73 Å². The summed E-state index contributed by atoms with van der Waals surface area (Å²) in [5.41, 5.74) is 11.5. The lowest BCUT2D eigenvalue weighted by Gasteiger charge is -2.44. The SMILES string of the molecule is Cc1cc2c(n1C1(C)CCC1)CC(C)(C)CC2N. The Hall–Kier alpha value is -0.760. The standard InChI is InChI=1S/C16H26N2/c1-11-8-12-13(17)9-15(2,3)10-14(12)18(11)16(4)6-5-7-16/h8,13H,5-7,9-10,17H2,1-4H3. The van der Waals surface area contributed by atoms with E-state index in [9.17, 15) is 0 Å². The fourth-order valence-electron chi connectivity index (χ4n) is 4.11. The molecule has 2 N–H and O–H groups in total. The first-order valence-corrected chi connectivity index (χ1v) is 7.30. The van der Waals surface area contributed by atoms with E-state index in [-0.39, 0.29) is 6.04 Å². The number of hydrogen-bond acceptors (Lipinski definition) is 1. The van der Waals surface area contributed by atoms with Crippen molar-refractivity contribution in [3.8, 4) is 0 Å². The van der Waals surface area contributed by atoms with Gasteiger partial charge in [-0.15, -0.1) is 0 Å². The average Bonchev–Trinajstić information content (AvgIpc) is 2.50. The molecule has 0 amide bonds. The molecule has 18 heavy (non-hydrogen) atoms. The van der Waals surface area contributed by atoms with Crippen LogP contribution in [0.5, 0.6) is 0 Å². The van der Waals surface area contributed by atoms with Gasteiger partial charge in [0.1, 0.15) is 0 Å². The summed E-state index contributed by atoms with van der Waals surface area (Å²) >= 11 is 0. The molecule has 2 aliphatic carbocycles. The second-order valence-corrected chi connectivity index (χ2v) is 7.53. The summed E-state index contributed by atoms with van der Waals surface area (Å²) in [6.45, 7) is 9.37. The molecule has 0 spiro atoms. The Balaban J connectivity index is 2.12. The van der Waals surface area contributed by atoms with Crippen molar-refractivity contribution in [2.45, 2.75) is 71.4 Å². The number of aryl methyl sites for hydroxylation is 1. The number of nitrogens with zero attached hydrogens (tertiary/aromatic N) is 1. The molecule has 100 valence electrons. The van der Waals surface area contributed by atoms with Gasteiger partial charge in [-0.05, 0) is 63.0 Å². The quantitative estimate of drug-likeness (QED) is 0.805. The van der Waals surface area contributed by atoms with Crippen LogP contribution in [-0.4, -0.2) is 4.57 Å². The number of aromatic nitrogens is 1.